The lowest BCUT2D eigenvalue weighted by Gasteiger charge is -2.20. The van der Waals surface area contributed by atoms with E-state index < -0.39 is 0 Å². The van der Waals surface area contributed by atoms with Crippen LogP contribution < -0.4 is 5.32 Å². The molecule has 0 saturated heterocycles. The Morgan fingerprint density at radius 3 is 2.76 bits per heavy atom. The molecule has 21 heavy (non-hydrogen) atoms. The van der Waals surface area contributed by atoms with Crippen LogP contribution in [0.25, 0.3) is 0 Å². The van der Waals surface area contributed by atoms with Crippen molar-refractivity contribution >= 4 is 11.3 Å². The molecule has 2 aromatic heterocycles. The van der Waals surface area contributed by atoms with Crippen LogP contribution in [0.1, 0.15) is 61.9 Å². The fourth-order valence-electron chi connectivity index (χ4n) is 2.35. The van der Waals surface area contributed by atoms with Gasteiger partial charge in [0, 0.05) is 11.4 Å². The minimum atomic E-state index is 0.222. The molecule has 0 aliphatic rings. The van der Waals surface area contributed by atoms with Crippen LogP contribution in [-0.2, 0) is 6.42 Å². The highest BCUT2D eigenvalue weighted by atomic mass is 32.1. The molecular weight excluding hydrogens is 284 g/mol. The SMILES string of the molecule is CCCNC(CC)C(C)c1nc(Cc2csc(C)n2)no1. The van der Waals surface area contributed by atoms with Gasteiger partial charge in [-0.2, -0.15) is 4.98 Å². The highest BCUT2D eigenvalue weighted by molar-refractivity contribution is 7.09. The topological polar surface area (TPSA) is 63.8 Å². The van der Waals surface area contributed by atoms with E-state index in [4.69, 9.17) is 4.52 Å². The molecule has 0 aliphatic carbocycles. The lowest BCUT2D eigenvalue weighted by molar-refractivity contribution is 0.317. The summed E-state index contributed by atoms with van der Waals surface area (Å²) in [5.74, 6) is 1.65. The number of hydrogen-bond acceptors (Lipinski definition) is 6. The molecule has 2 aromatic rings. The monoisotopic (exact) mass is 308 g/mol. The number of rotatable bonds is 8. The van der Waals surface area contributed by atoms with Gasteiger partial charge in [0.05, 0.1) is 23.0 Å². The van der Waals surface area contributed by atoms with Crippen LogP contribution >= 0.6 is 11.3 Å². The first kappa shape index (κ1) is 16.1. The minimum absolute atomic E-state index is 0.222. The van der Waals surface area contributed by atoms with E-state index in [9.17, 15) is 0 Å². The standard InChI is InChI=1S/C15H24N4OS/c1-5-7-16-13(6-2)10(3)15-18-14(19-20-15)8-12-9-21-11(4)17-12/h9-10,13,16H,5-8H2,1-4H3. The van der Waals surface area contributed by atoms with E-state index in [0.717, 1.165) is 30.1 Å². The fraction of sp³-hybridized carbons (Fsp3) is 0.667. The van der Waals surface area contributed by atoms with Crippen molar-refractivity contribution in [2.75, 3.05) is 6.54 Å². The zero-order valence-electron chi connectivity index (χ0n) is 13.2. The highest BCUT2D eigenvalue weighted by Gasteiger charge is 2.22. The van der Waals surface area contributed by atoms with Gasteiger partial charge in [0.1, 0.15) is 0 Å². The molecule has 1 N–H and O–H groups in total. The Hall–Kier alpha value is -1.27. The summed E-state index contributed by atoms with van der Waals surface area (Å²) in [5, 5.41) is 10.7. The van der Waals surface area contributed by atoms with Crippen LogP contribution in [0.15, 0.2) is 9.90 Å². The summed E-state index contributed by atoms with van der Waals surface area (Å²) in [6, 6.07) is 0.375. The van der Waals surface area contributed by atoms with Crippen LogP contribution in [0.3, 0.4) is 0 Å². The predicted molar refractivity (Wildman–Crippen MR) is 84.7 cm³/mol. The maximum atomic E-state index is 5.44. The maximum absolute atomic E-state index is 5.44. The van der Waals surface area contributed by atoms with Gasteiger partial charge >= 0.3 is 0 Å². The second-order valence-electron chi connectivity index (χ2n) is 5.34. The average molecular weight is 308 g/mol. The largest absolute Gasteiger partial charge is 0.339 e. The van der Waals surface area contributed by atoms with E-state index in [1.54, 1.807) is 11.3 Å². The van der Waals surface area contributed by atoms with Gasteiger partial charge in [-0.3, -0.25) is 0 Å². The van der Waals surface area contributed by atoms with E-state index >= 15 is 0 Å². The normalized spacial score (nSPS) is 14.3. The van der Waals surface area contributed by atoms with E-state index in [1.165, 1.54) is 0 Å². The third-order valence-corrected chi connectivity index (χ3v) is 4.40. The van der Waals surface area contributed by atoms with E-state index in [0.29, 0.717) is 24.2 Å². The summed E-state index contributed by atoms with van der Waals surface area (Å²) in [6.45, 7) is 9.51. The molecule has 0 aliphatic heterocycles. The molecule has 0 fully saturated rings. The lowest BCUT2D eigenvalue weighted by Crippen LogP contribution is -2.33. The first-order chi connectivity index (χ1) is 10.1. The Morgan fingerprint density at radius 2 is 2.14 bits per heavy atom. The van der Waals surface area contributed by atoms with Gasteiger partial charge in [-0.05, 0) is 26.3 Å². The summed E-state index contributed by atoms with van der Waals surface area (Å²) in [4.78, 5) is 8.97. The van der Waals surface area contributed by atoms with Crippen LogP contribution in [0, 0.1) is 6.92 Å². The third-order valence-electron chi connectivity index (χ3n) is 3.58. The van der Waals surface area contributed by atoms with Crippen molar-refractivity contribution in [1.82, 2.24) is 20.4 Å². The van der Waals surface area contributed by atoms with Crippen molar-refractivity contribution < 1.29 is 4.52 Å². The Morgan fingerprint density at radius 1 is 1.33 bits per heavy atom. The van der Waals surface area contributed by atoms with E-state index in [2.05, 4.69) is 41.2 Å². The quantitative estimate of drug-likeness (QED) is 0.810. The molecule has 5 nitrogen and oxygen atoms in total. The molecule has 116 valence electrons. The highest BCUT2D eigenvalue weighted by Crippen LogP contribution is 2.20. The molecule has 0 bridgehead atoms. The van der Waals surface area contributed by atoms with Gasteiger partial charge in [-0.25, -0.2) is 4.98 Å². The number of aromatic nitrogens is 3. The number of thiazole rings is 1. The van der Waals surface area contributed by atoms with Crippen molar-refractivity contribution in [3.63, 3.8) is 0 Å². The van der Waals surface area contributed by atoms with Gasteiger partial charge in [0.25, 0.3) is 0 Å². The second kappa shape index (κ2) is 7.66. The average Bonchev–Trinajstić information content (AvgIpc) is 3.09. The van der Waals surface area contributed by atoms with Crippen LogP contribution in [-0.4, -0.2) is 27.7 Å². The molecule has 0 radical (unpaired) electrons. The molecule has 2 heterocycles. The van der Waals surface area contributed by atoms with Gasteiger partial charge in [0.15, 0.2) is 5.82 Å². The number of nitrogens with one attached hydrogen (secondary N) is 1. The van der Waals surface area contributed by atoms with Gasteiger partial charge in [0.2, 0.25) is 5.89 Å². The first-order valence-corrected chi connectivity index (χ1v) is 8.48. The molecule has 0 spiro atoms. The van der Waals surface area contributed by atoms with E-state index in [-0.39, 0.29) is 5.92 Å². The number of aryl methyl sites for hydroxylation is 1. The Labute approximate surface area is 130 Å². The molecule has 2 atom stereocenters. The molecular formula is C15H24N4OS. The van der Waals surface area contributed by atoms with Crippen molar-refractivity contribution in [3.8, 4) is 0 Å². The second-order valence-corrected chi connectivity index (χ2v) is 6.40. The predicted octanol–water partition coefficient (Wildman–Crippen LogP) is 3.31. The van der Waals surface area contributed by atoms with Crippen molar-refractivity contribution in [1.29, 1.82) is 0 Å². The summed E-state index contributed by atoms with van der Waals surface area (Å²) in [7, 11) is 0. The van der Waals surface area contributed by atoms with Crippen LogP contribution in [0.4, 0.5) is 0 Å². The molecule has 2 rings (SSSR count). The molecule has 0 saturated carbocycles. The first-order valence-electron chi connectivity index (χ1n) is 7.60. The van der Waals surface area contributed by atoms with Crippen LogP contribution in [0.2, 0.25) is 0 Å². The summed E-state index contributed by atoms with van der Waals surface area (Å²) < 4.78 is 5.44. The number of nitrogens with zero attached hydrogens (tertiary/aromatic N) is 3. The van der Waals surface area contributed by atoms with Crippen LogP contribution in [0.5, 0.6) is 0 Å². The summed E-state index contributed by atoms with van der Waals surface area (Å²) >= 11 is 1.65. The zero-order chi connectivity index (χ0) is 15.2. The summed E-state index contributed by atoms with van der Waals surface area (Å²) in [5.41, 5.74) is 1.01. The molecule has 0 amide bonds. The van der Waals surface area contributed by atoms with Crippen molar-refractivity contribution in [2.24, 2.45) is 0 Å². The third kappa shape index (κ3) is 4.35. The van der Waals surface area contributed by atoms with Gasteiger partial charge in [-0.15, -0.1) is 11.3 Å². The fourth-order valence-corrected chi connectivity index (χ4v) is 2.96. The minimum Gasteiger partial charge on any atom is -0.339 e. The van der Waals surface area contributed by atoms with Crippen molar-refractivity contribution in [3.05, 3.63) is 27.8 Å². The smallest absolute Gasteiger partial charge is 0.231 e. The Bertz CT molecular complexity index is 551. The molecule has 2 unspecified atom stereocenters. The number of hydrogen-bond donors (Lipinski definition) is 1. The van der Waals surface area contributed by atoms with Gasteiger partial charge in [-0.1, -0.05) is 25.9 Å². The lowest BCUT2D eigenvalue weighted by atomic mass is 9.99. The van der Waals surface area contributed by atoms with E-state index in [1.807, 2.05) is 12.3 Å². The summed E-state index contributed by atoms with van der Waals surface area (Å²) in [6.07, 6.45) is 2.81. The van der Waals surface area contributed by atoms with Gasteiger partial charge < -0.3 is 9.84 Å². The Balaban J connectivity index is 2.00. The van der Waals surface area contributed by atoms with Crippen molar-refractivity contribution in [2.45, 2.75) is 58.9 Å². The zero-order valence-corrected chi connectivity index (χ0v) is 14.0. The molecule has 0 aromatic carbocycles. The maximum Gasteiger partial charge on any atom is 0.231 e. The Kier molecular flexibility index (Phi) is 5.87. The molecule has 6 heteroatoms.